The molecule has 1 heterocycles. The number of methoxy groups -OCH3 is 1. The van der Waals surface area contributed by atoms with Crippen LogP contribution in [0.5, 0.6) is 5.75 Å². The fraction of sp³-hybridized carbons (Fsp3) is 0.462. The standard InChI is InChI=1S/C13H16O4S/c1-16-10-4-2-3-5-12(10)18-8-9-6-7-11(17-9)13(14)15/h2-5,9,11H,6-8H2,1H3,(H,14,15). The van der Waals surface area contributed by atoms with Gasteiger partial charge in [0.2, 0.25) is 0 Å². The van der Waals surface area contributed by atoms with Gasteiger partial charge in [0, 0.05) is 10.6 Å². The molecule has 0 aromatic heterocycles. The zero-order valence-electron chi connectivity index (χ0n) is 10.2. The van der Waals surface area contributed by atoms with Crippen molar-refractivity contribution >= 4 is 17.7 Å². The van der Waals surface area contributed by atoms with Crippen LogP contribution in [0.3, 0.4) is 0 Å². The number of rotatable bonds is 5. The van der Waals surface area contributed by atoms with Crippen molar-refractivity contribution in [3.8, 4) is 5.75 Å². The summed E-state index contributed by atoms with van der Waals surface area (Å²) >= 11 is 1.64. The molecule has 1 aromatic carbocycles. The van der Waals surface area contributed by atoms with E-state index in [1.54, 1.807) is 18.9 Å². The first-order valence-electron chi connectivity index (χ1n) is 5.85. The van der Waals surface area contributed by atoms with Gasteiger partial charge < -0.3 is 14.6 Å². The third kappa shape index (κ3) is 3.17. The van der Waals surface area contributed by atoms with Crippen LogP contribution in [0.4, 0.5) is 0 Å². The van der Waals surface area contributed by atoms with Crippen LogP contribution in [-0.2, 0) is 9.53 Å². The second kappa shape index (κ2) is 6.11. The van der Waals surface area contributed by atoms with Gasteiger partial charge in [-0.25, -0.2) is 4.79 Å². The SMILES string of the molecule is COc1ccccc1SCC1CCC(C(=O)O)O1. The normalized spacial score (nSPS) is 22.9. The highest BCUT2D eigenvalue weighted by Gasteiger charge is 2.30. The molecule has 0 radical (unpaired) electrons. The van der Waals surface area contributed by atoms with E-state index in [4.69, 9.17) is 14.6 Å². The van der Waals surface area contributed by atoms with E-state index in [0.29, 0.717) is 6.42 Å². The van der Waals surface area contributed by atoms with Crippen LogP contribution < -0.4 is 4.74 Å². The molecule has 2 rings (SSSR count). The van der Waals surface area contributed by atoms with Crippen LogP contribution in [-0.4, -0.2) is 36.1 Å². The quantitative estimate of drug-likeness (QED) is 0.831. The van der Waals surface area contributed by atoms with E-state index < -0.39 is 12.1 Å². The average molecular weight is 268 g/mol. The summed E-state index contributed by atoms with van der Waals surface area (Å²) < 4.78 is 10.7. The van der Waals surface area contributed by atoms with Gasteiger partial charge in [0.15, 0.2) is 6.10 Å². The lowest BCUT2D eigenvalue weighted by Gasteiger charge is -2.12. The molecule has 0 aliphatic carbocycles. The predicted octanol–water partition coefficient (Wildman–Crippen LogP) is 2.42. The summed E-state index contributed by atoms with van der Waals surface area (Å²) in [6.07, 6.45) is 0.792. The number of para-hydroxylation sites is 1. The molecular weight excluding hydrogens is 252 g/mol. The summed E-state index contributed by atoms with van der Waals surface area (Å²) in [5.74, 6) is 0.736. The Kier molecular flexibility index (Phi) is 4.49. The van der Waals surface area contributed by atoms with E-state index in [1.165, 1.54) is 0 Å². The zero-order chi connectivity index (χ0) is 13.0. The summed E-state index contributed by atoms with van der Waals surface area (Å²) in [6, 6.07) is 7.79. The summed E-state index contributed by atoms with van der Waals surface area (Å²) in [4.78, 5) is 11.8. The van der Waals surface area contributed by atoms with Gasteiger partial charge in [0.25, 0.3) is 0 Å². The molecule has 1 aromatic rings. The van der Waals surface area contributed by atoms with Gasteiger partial charge in [-0.3, -0.25) is 0 Å². The number of aliphatic carboxylic acids is 1. The first-order valence-corrected chi connectivity index (χ1v) is 6.83. The Morgan fingerprint density at radius 1 is 1.50 bits per heavy atom. The van der Waals surface area contributed by atoms with Crippen molar-refractivity contribution < 1.29 is 19.4 Å². The molecule has 0 saturated carbocycles. The predicted molar refractivity (Wildman–Crippen MR) is 69.2 cm³/mol. The number of hydrogen-bond acceptors (Lipinski definition) is 4. The highest BCUT2D eigenvalue weighted by Crippen LogP contribution is 2.32. The fourth-order valence-corrected chi connectivity index (χ4v) is 3.01. The van der Waals surface area contributed by atoms with E-state index in [2.05, 4.69) is 0 Å². The Balaban J connectivity index is 1.87. The van der Waals surface area contributed by atoms with E-state index in [0.717, 1.165) is 22.8 Å². The molecular formula is C13H16O4S. The summed E-state index contributed by atoms with van der Waals surface area (Å²) in [6.45, 7) is 0. The second-order valence-electron chi connectivity index (χ2n) is 4.12. The molecule has 4 nitrogen and oxygen atoms in total. The minimum Gasteiger partial charge on any atom is -0.496 e. The van der Waals surface area contributed by atoms with Crippen LogP contribution in [0.1, 0.15) is 12.8 Å². The largest absolute Gasteiger partial charge is 0.496 e. The van der Waals surface area contributed by atoms with Gasteiger partial charge in [-0.05, 0) is 25.0 Å². The summed E-state index contributed by atoms with van der Waals surface area (Å²) in [5, 5.41) is 8.85. The molecule has 0 bridgehead atoms. The molecule has 1 aliphatic heterocycles. The zero-order valence-corrected chi connectivity index (χ0v) is 11.0. The van der Waals surface area contributed by atoms with Crippen LogP contribution in [0.25, 0.3) is 0 Å². The minimum absolute atomic E-state index is 0.0148. The number of ether oxygens (including phenoxy) is 2. The molecule has 98 valence electrons. The summed E-state index contributed by atoms with van der Waals surface area (Å²) in [5.41, 5.74) is 0. The van der Waals surface area contributed by atoms with Gasteiger partial charge in [-0.1, -0.05) is 12.1 Å². The lowest BCUT2D eigenvalue weighted by molar-refractivity contribution is -0.148. The number of thioether (sulfide) groups is 1. The monoisotopic (exact) mass is 268 g/mol. The Morgan fingerprint density at radius 3 is 2.94 bits per heavy atom. The van der Waals surface area contributed by atoms with Gasteiger partial charge in [0.05, 0.1) is 13.2 Å². The molecule has 2 atom stereocenters. The van der Waals surface area contributed by atoms with Crippen molar-refractivity contribution in [2.75, 3.05) is 12.9 Å². The maximum Gasteiger partial charge on any atom is 0.332 e. The van der Waals surface area contributed by atoms with Crippen molar-refractivity contribution in [1.82, 2.24) is 0 Å². The molecule has 18 heavy (non-hydrogen) atoms. The van der Waals surface area contributed by atoms with Crippen molar-refractivity contribution in [1.29, 1.82) is 0 Å². The van der Waals surface area contributed by atoms with Crippen molar-refractivity contribution in [3.63, 3.8) is 0 Å². The Morgan fingerprint density at radius 2 is 2.28 bits per heavy atom. The van der Waals surface area contributed by atoms with Crippen molar-refractivity contribution in [2.24, 2.45) is 0 Å². The summed E-state index contributed by atoms with van der Waals surface area (Å²) in [7, 11) is 1.64. The number of carboxylic acid groups (broad SMARTS) is 1. The van der Waals surface area contributed by atoms with Crippen LogP contribution >= 0.6 is 11.8 Å². The third-order valence-corrected chi connectivity index (χ3v) is 4.06. The molecule has 1 N–H and O–H groups in total. The van der Waals surface area contributed by atoms with Crippen molar-refractivity contribution in [3.05, 3.63) is 24.3 Å². The molecule has 0 spiro atoms. The maximum atomic E-state index is 10.8. The highest BCUT2D eigenvalue weighted by molar-refractivity contribution is 7.99. The van der Waals surface area contributed by atoms with E-state index in [-0.39, 0.29) is 6.10 Å². The van der Waals surface area contributed by atoms with Gasteiger partial charge in [0.1, 0.15) is 5.75 Å². The molecule has 2 unspecified atom stereocenters. The van der Waals surface area contributed by atoms with Crippen molar-refractivity contribution in [2.45, 2.75) is 29.9 Å². The Labute approximate surface area is 110 Å². The molecule has 1 fully saturated rings. The smallest absolute Gasteiger partial charge is 0.332 e. The van der Waals surface area contributed by atoms with E-state index >= 15 is 0 Å². The van der Waals surface area contributed by atoms with E-state index in [1.807, 2.05) is 24.3 Å². The number of carboxylic acids is 1. The second-order valence-corrected chi connectivity index (χ2v) is 5.19. The first kappa shape index (κ1) is 13.2. The lowest BCUT2D eigenvalue weighted by Crippen LogP contribution is -2.21. The molecule has 1 aliphatic rings. The Bertz CT molecular complexity index is 421. The first-order chi connectivity index (χ1) is 8.70. The highest BCUT2D eigenvalue weighted by atomic mass is 32.2. The van der Waals surface area contributed by atoms with Gasteiger partial charge >= 0.3 is 5.97 Å². The topological polar surface area (TPSA) is 55.8 Å². The molecule has 5 heteroatoms. The Hall–Kier alpha value is -1.20. The lowest BCUT2D eigenvalue weighted by atomic mass is 10.2. The number of benzene rings is 1. The number of carbonyl (C=O) groups is 1. The molecule has 1 saturated heterocycles. The fourth-order valence-electron chi connectivity index (χ4n) is 1.93. The third-order valence-electron chi connectivity index (χ3n) is 2.88. The van der Waals surface area contributed by atoms with Gasteiger partial charge in [-0.2, -0.15) is 0 Å². The van der Waals surface area contributed by atoms with Crippen LogP contribution in [0.15, 0.2) is 29.2 Å². The maximum absolute atomic E-state index is 10.8. The minimum atomic E-state index is -0.861. The van der Waals surface area contributed by atoms with Crippen LogP contribution in [0, 0.1) is 0 Å². The van der Waals surface area contributed by atoms with E-state index in [9.17, 15) is 4.79 Å². The number of hydrogen-bond donors (Lipinski definition) is 1. The van der Waals surface area contributed by atoms with Gasteiger partial charge in [-0.15, -0.1) is 11.8 Å². The molecule has 0 amide bonds. The van der Waals surface area contributed by atoms with Crippen LogP contribution in [0.2, 0.25) is 0 Å². The average Bonchev–Trinajstić information content (AvgIpc) is 2.85.